The third-order valence-corrected chi connectivity index (χ3v) is 4.65. The number of hydrogen-bond donors (Lipinski definition) is 1. The van der Waals surface area contributed by atoms with E-state index >= 15 is 0 Å². The first-order chi connectivity index (χ1) is 14.2. The Labute approximate surface area is 190 Å². The third kappa shape index (κ3) is 4.44. The molecule has 9 nitrogen and oxygen atoms in total. The number of carbonyl (C=O) groups excluding carboxylic acids is 1. The van der Waals surface area contributed by atoms with Crippen LogP contribution in [-0.4, -0.2) is 47.5 Å². The molecule has 0 unspecified atom stereocenters. The molecule has 2 N–H and O–H groups in total. The summed E-state index contributed by atoms with van der Waals surface area (Å²) < 4.78 is 17.9. The fourth-order valence-electron chi connectivity index (χ4n) is 3.22. The van der Waals surface area contributed by atoms with Gasteiger partial charge in [0, 0.05) is 29.8 Å². The summed E-state index contributed by atoms with van der Waals surface area (Å²) in [5, 5.41) is 4.08. The van der Waals surface area contributed by atoms with E-state index in [2.05, 4.69) is 10.3 Å². The molecule has 4 aromatic rings. The van der Waals surface area contributed by atoms with E-state index in [1.807, 2.05) is 42.7 Å². The van der Waals surface area contributed by atoms with Crippen LogP contribution in [0.5, 0.6) is 17.2 Å². The number of fused-ring (bicyclic) bond motifs is 3. The molecule has 0 atom stereocenters. The summed E-state index contributed by atoms with van der Waals surface area (Å²) in [6, 6.07) is 11.2. The van der Waals surface area contributed by atoms with Crippen LogP contribution in [0.25, 0.3) is 16.6 Å². The molecule has 0 bridgehead atoms. The number of aromatic nitrogens is 3. The van der Waals surface area contributed by atoms with E-state index in [0.717, 1.165) is 10.9 Å². The normalized spacial score (nSPS) is 10.2. The SMILES string of the molecule is COc1ccc(CNc2nc3c(OC)cccc3c3nc([C-]=O)cn23)c(OC)c1.[Li+].[OH-]. The van der Waals surface area contributed by atoms with Crippen LogP contribution in [0.3, 0.4) is 0 Å². The quantitative estimate of drug-likeness (QED) is 0.326. The second-order valence-corrected chi connectivity index (χ2v) is 6.24. The number of hydrogen-bond acceptors (Lipinski definition) is 8. The molecule has 2 aromatic carbocycles. The topological polar surface area (TPSA) is 117 Å². The first-order valence-electron chi connectivity index (χ1n) is 8.87. The summed E-state index contributed by atoms with van der Waals surface area (Å²) in [6.07, 6.45) is 3.44. The van der Waals surface area contributed by atoms with Gasteiger partial charge < -0.3 is 34.2 Å². The monoisotopic (exact) mass is 415 g/mol. The Morgan fingerprint density at radius 3 is 2.48 bits per heavy atom. The molecule has 0 aliphatic heterocycles. The standard InChI is InChI=1S/C21H19N4O4.Li.H2O/c1-27-15-8-7-13(18(9-15)29-3)10-22-21-24-19-16(5-4-6-17(19)28-2)20-23-14(12-26)11-25(20)21;;/h4-9,11H,10H2,1-3H3,(H,22,24);;1H2/q-1;+1;/p-1. The molecule has 0 spiro atoms. The minimum atomic E-state index is 0. The van der Waals surface area contributed by atoms with Crippen LogP contribution >= 0.6 is 0 Å². The number of nitrogens with zero attached hydrogens (tertiary/aromatic N) is 3. The van der Waals surface area contributed by atoms with Crippen molar-refractivity contribution < 1.29 is 43.3 Å². The number of anilines is 1. The number of nitrogens with one attached hydrogen (secondary N) is 1. The van der Waals surface area contributed by atoms with Crippen molar-refractivity contribution in [1.82, 2.24) is 14.4 Å². The van der Waals surface area contributed by atoms with Gasteiger partial charge in [-0.15, -0.1) is 6.20 Å². The van der Waals surface area contributed by atoms with Gasteiger partial charge in [-0.2, -0.15) is 0 Å². The average Bonchev–Trinajstić information content (AvgIpc) is 3.22. The average molecular weight is 415 g/mol. The molecule has 0 saturated carbocycles. The maximum absolute atomic E-state index is 11.2. The summed E-state index contributed by atoms with van der Waals surface area (Å²) in [6.45, 7) is 0.439. The number of benzene rings is 2. The Morgan fingerprint density at radius 1 is 1.03 bits per heavy atom. The zero-order chi connectivity index (χ0) is 20.4. The number of imidazole rings is 1. The van der Waals surface area contributed by atoms with Crippen molar-refractivity contribution in [1.29, 1.82) is 0 Å². The molecule has 0 aliphatic carbocycles. The van der Waals surface area contributed by atoms with Gasteiger partial charge in [0.1, 0.15) is 28.4 Å². The van der Waals surface area contributed by atoms with E-state index < -0.39 is 0 Å². The van der Waals surface area contributed by atoms with Crippen LogP contribution in [0.1, 0.15) is 11.3 Å². The second-order valence-electron chi connectivity index (χ2n) is 6.24. The number of ether oxygens (including phenoxy) is 3. The van der Waals surface area contributed by atoms with Crippen molar-refractivity contribution in [3.05, 3.63) is 53.9 Å². The number of rotatable bonds is 7. The Bertz CT molecular complexity index is 1210. The van der Waals surface area contributed by atoms with Gasteiger partial charge in [0.25, 0.3) is 0 Å². The van der Waals surface area contributed by atoms with Gasteiger partial charge in [-0.05, 0) is 30.0 Å². The van der Waals surface area contributed by atoms with Crippen molar-refractivity contribution in [3.8, 4) is 17.2 Å². The molecule has 156 valence electrons. The van der Waals surface area contributed by atoms with Gasteiger partial charge in [-0.1, -0.05) is 6.07 Å². The summed E-state index contributed by atoms with van der Waals surface area (Å²) >= 11 is 0. The molecule has 0 fully saturated rings. The maximum Gasteiger partial charge on any atom is 1.00 e. The van der Waals surface area contributed by atoms with E-state index in [9.17, 15) is 4.79 Å². The number of para-hydroxylation sites is 1. The Morgan fingerprint density at radius 2 is 1.81 bits per heavy atom. The molecule has 2 heterocycles. The van der Waals surface area contributed by atoms with Gasteiger partial charge in [0.2, 0.25) is 0 Å². The molecular weight excluding hydrogens is 395 g/mol. The van der Waals surface area contributed by atoms with Crippen LogP contribution in [0, 0.1) is 0 Å². The predicted octanol–water partition coefficient (Wildman–Crippen LogP) is -0.195. The van der Waals surface area contributed by atoms with Gasteiger partial charge >= 0.3 is 18.9 Å². The fraction of sp³-hybridized carbons (Fsp3) is 0.190. The van der Waals surface area contributed by atoms with Crippen molar-refractivity contribution in [2.75, 3.05) is 26.6 Å². The molecule has 0 saturated heterocycles. The van der Waals surface area contributed by atoms with Crippen LogP contribution in [0.15, 0.2) is 42.6 Å². The molecule has 0 amide bonds. The van der Waals surface area contributed by atoms with E-state index in [0.29, 0.717) is 40.9 Å². The smallest absolute Gasteiger partial charge is 0.870 e. The molecule has 2 aromatic heterocycles. The zero-order valence-corrected chi connectivity index (χ0v) is 17.7. The molecule has 10 heteroatoms. The van der Waals surface area contributed by atoms with E-state index in [1.54, 1.807) is 31.9 Å². The fourth-order valence-corrected chi connectivity index (χ4v) is 3.22. The molecule has 0 radical (unpaired) electrons. The second kappa shape index (κ2) is 10.2. The van der Waals surface area contributed by atoms with Crippen LogP contribution in [-0.2, 0) is 11.3 Å². The summed E-state index contributed by atoms with van der Waals surface area (Å²) in [5.41, 5.74) is 2.36. The van der Waals surface area contributed by atoms with Gasteiger partial charge in [0.15, 0.2) is 5.95 Å². The molecule has 4 rings (SSSR count). The van der Waals surface area contributed by atoms with Crippen molar-refractivity contribution in [3.63, 3.8) is 0 Å². The van der Waals surface area contributed by atoms with Crippen molar-refractivity contribution in [2.45, 2.75) is 6.54 Å². The summed E-state index contributed by atoms with van der Waals surface area (Å²) in [4.78, 5) is 20.3. The third-order valence-electron chi connectivity index (χ3n) is 4.65. The van der Waals surface area contributed by atoms with Crippen molar-refractivity contribution in [2.24, 2.45) is 0 Å². The largest absolute Gasteiger partial charge is 1.00 e. The zero-order valence-electron chi connectivity index (χ0n) is 17.7. The predicted molar refractivity (Wildman–Crippen MR) is 111 cm³/mol. The van der Waals surface area contributed by atoms with E-state index in [1.165, 1.54) is 0 Å². The summed E-state index contributed by atoms with van der Waals surface area (Å²) in [5.74, 6) is 2.54. The minimum absolute atomic E-state index is 0. The Kier molecular flexibility index (Phi) is 7.88. The molecular formula is C21H20LiN4O5-. The molecule has 31 heavy (non-hydrogen) atoms. The Hall–Kier alpha value is -3.25. The van der Waals surface area contributed by atoms with Crippen LogP contribution in [0.2, 0.25) is 0 Å². The first-order valence-corrected chi connectivity index (χ1v) is 8.87. The molecule has 0 aliphatic rings. The van der Waals surface area contributed by atoms with Gasteiger partial charge in [-0.3, -0.25) is 4.98 Å². The van der Waals surface area contributed by atoms with Crippen LogP contribution in [0.4, 0.5) is 5.95 Å². The number of methoxy groups -OCH3 is 3. The maximum atomic E-state index is 11.2. The van der Waals surface area contributed by atoms with E-state index in [-0.39, 0.29) is 30.0 Å². The summed E-state index contributed by atoms with van der Waals surface area (Å²) in [7, 11) is 4.81. The minimum Gasteiger partial charge on any atom is -0.870 e. The van der Waals surface area contributed by atoms with Gasteiger partial charge in [-0.25, -0.2) is 4.98 Å². The van der Waals surface area contributed by atoms with Gasteiger partial charge in [0.05, 0.1) is 21.3 Å². The van der Waals surface area contributed by atoms with Crippen LogP contribution < -0.4 is 38.4 Å². The Balaban J connectivity index is 0.00000171. The first kappa shape index (κ1) is 24.0. The van der Waals surface area contributed by atoms with Crippen molar-refractivity contribution >= 4 is 28.8 Å². The van der Waals surface area contributed by atoms with E-state index in [4.69, 9.17) is 19.2 Å².